The van der Waals surface area contributed by atoms with Crippen molar-refractivity contribution in [3.8, 4) is 0 Å². The SMILES string of the molecule is Cc1cc(CCc2ccc(N(C)C)cc2)n[nH]1. The summed E-state index contributed by atoms with van der Waals surface area (Å²) in [7, 11) is 4.11. The summed E-state index contributed by atoms with van der Waals surface area (Å²) < 4.78 is 0. The Balaban J connectivity index is 1.95. The summed E-state index contributed by atoms with van der Waals surface area (Å²) in [5.74, 6) is 0. The maximum absolute atomic E-state index is 4.24. The molecule has 90 valence electrons. The van der Waals surface area contributed by atoms with Crippen LogP contribution in [0.3, 0.4) is 0 Å². The van der Waals surface area contributed by atoms with E-state index < -0.39 is 0 Å². The summed E-state index contributed by atoms with van der Waals surface area (Å²) in [6.45, 7) is 2.03. The molecule has 0 bridgehead atoms. The average Bonchev–Trinajstić information content (AvgIpc) is 2.73. The molecule has 3 nitrogen and oxygen atoms in total. The number of benzene rings is 1. The second kappa shape index (κ2) is 5.04. The van der Waals surface area contributed by atoms with Crippen molar-refractivity contribution in [3.05, 3.63) is 47.3 Å². The van der Waals surface area contributed by atoms with Crippen LogP contribution in [0, 0.1) is 6.92 Å². The van der Waals surface area contributed by atoms with Crippen LogP contribution in [0.2, 0.25) is 0 Å². The van der Waals surface area contributed by atoms with Crippen LogP contribution >= 0.6 is 0 Å². The van der Waals surface area contributed by atoms with Gasteiger partial charge < -0.3 is 4.90 Å². The summed E-state index contributed by atoms with van der Waals surface area (Å²) in [5, 5.41) is 7.22. The summed E-state index contributed by atoms with van der Waals surface area (Å²) in [6, 6.07) is 10.8. The lowest BCUT2D eigenvalue weighted by Gasteiger charge is -2.12. The minimum atomic E-state index is 0.992. The molecule has 0 aliphatic heterocycles. The summed E-state index contributed by atoms with van der Waals surface area (Å²) in [4.78, 5) is 2.11. The fourth-order valence-electron chi connectivity index (χ4n) is 1.84. The average molecular weight is 229 g/mol. The van der Waals surface area contributed by atoms with Gasteiger partial charge in [-0.05, 0) is 43.5 Å². The van der Waals surface area contributed by atoms with E-state index in [2.05, 4.69) is 59.5 Å². The molecule has 1 aromatic heterocycles. The van der Waals surface area contributed by atoms with E-state index >= 15 is 0 Å². The lowest BCUT2D eigenvalue weighted by atomic mass is 10.1. The van der Waals surface area contributed by atoms with E-state index in [4.69, 9.17) is 0 Å². The fourth-order valence-corrected chi connectivity index (χ4v) is 1.84. The van der Waals surface area contributed by atoms with E-state index in [1.807, 2.05) is 6.92 Å². The smallest absolute Gasteiger partial charge is 0.0628 e. The lowest BCUT2D eigenvalue weighted by Crippen LogP contribution is -2.08. The molecule has 0 aliphatic rings. The van der Waals surface area contributed by atoms with Crippen LogP contribution in [-0.2, 0) is 12.8 Å². The van der Waals surface area contributed by atoms with Crippen molar-refractivity contribution in [1.29, 1.82) is 0 Å². The molecule has 0 unspecified atom stereocenters. The van der Waals surface area contributed by atoms with Crippen LogP contribution < -0.4 is 4.90 Å². The topological polar surface area (TPSA) is 31.9 Å². The van der Waals surface area contributed by atoms with Crippen LogP contribution in [0.15, 0.2) is 30.3 Å². The van der Waals surface area contributed by atoms with Crippen LogP contribution in [-0.4, -0.2) is 24.3 Å². The number of aromatic amines is 1. The molecule has 0 atom stereocenters. The number of anilines is 1. The molecule has 1 heterocycles. The van der Waals surface area contributed by atoms with Gasteiger partial charge >= 0.3 is 0 Å². The minimum Gasteiger partial charge on any atom is -0.378 e. The van der Waals surface area contributed by atoms with E-state index in [0.29, 0.717) is 0 Å². The molecule has 0 saturated heterocycles. The molecule has 0 radical (unpaired) electrons. The van der Waals surface area contributed by atoms with Crippen LogP contribution in [0.5, 0.6) is 0 Å². The zero-order valence-corrected chi connectivity index (χ0v) is 10.7. The van der Waals surface area contributed by atoms with E-state index in [1.54, 1.807) is 0 Å². The largest absolute Gasteiger partial charge is 0.378 e. The second-order valence-electron chi connectivity index (χ2n) is 4.60. The van der Waals surface area contributed by atoms with Gasteiger partial charge in [0.15, 0.2) is 0 Å². The Bertz CT molecular complexity index is 468. The second-order valence-corrected chi connectivity index (χ2v) is 4.60. The Morgan fingerprint density at radius 1 is 1.12 bits per heavy atom. The third-order valence-corrected chi connectivity index (χ3v) is 2.88. The summed E-state index contributed by atoms with van der Waals surface area (Å²) >= 11 is 0. The molecule has 0 fully saturated rings. The predicted molar refractivity (Wildman–Crippen MR) is 71.5 cm³/mol. The van der Waals surface area contributed by atoms with Crippen LogP contribution in [0.4, 0.5) is 5.69 Å². The number of H-pyrrole nitrogens is 1. The van der Waals surface area contributed by atoms with Gasteiger partial charge in [0.25, 0.3) is 0 Å². The van der Waals surface area contributed by atoms with Crippen molar-refractivity contribution in [2.24, 2.45) is 0 Å². The highest BCUT2D eigenvalue weighted by atomic mass is 15.1. The Hall–Kier alpha value is -1.77. The van der Waals surface area contributed by atoms with Crippen LogP contribution in [0.1, 0.15) is 17.0 Å². The van der Waals surface area contributed by atoms with Gasteiger partial charge in [-0.3, -0.25) is 5.10 Å². The molecule has 0 spiro atoms. The minimum absolute atomic E-state index is 0.992. The summed E-state index contributed by atoms with van der Waals surface area (Å²) in [5.41, 5.74) is 4.86. The number of aryl methyl sites for hydroxylation is 3. The molecule has 1 N–H and O–H groups in total. The standard InChI is InChI=1S/C14H19N3/c1-11-10-13(16-15-11)7-4-12-5-8-14(9-6-12)17(2)3/h5-6,8-10H,4,7H2,1-3H3,(H,15,16). The van der Waals surface area contributed by atoms with Gasteiger partial charge in [-0.2, -0.15) is 5.10 Å². The van der Waals surface area contributed by atoms with Crippen molar-refractivity contribution in [1.82, 2.24) is 10.2 Å². The fraction of sp³-hybridized carbons (Fsp3) is 0.357. The Morgan fingerprint density at radius 3 is 2.35 bits per heavy atom. The zero-order chi connectivity index (χ0) is 12.3. The van der Waals surface area contributed by atoms with Crippen molar-refractivity contribution in [2.75, 3.05) is 19.0 Å². The quantitative estimate of drug-likeness (QED) is 0.873. The number of rotatable bonds is 4. The Kier molecular flexibility index (Phi) is 3.47. The number of nitrogens with zero attached hydrogens (tertiary/aromatic N) is 2. The van der Waals surface area contributed by atoms with Gasteiger partial charge in [-0.25, -0.2) is 0 Å². The van der Waals surface area contributed by atoms with Gasteiger partial charge in [-0.1, -0.05) is 12.1 Å². The first-order valence-electron chi connectivity index (χ1n) is 5.92. The van der Waals surface area contributed by atoms with Gasteiger partial charge in [-0.15, -0.1) is 0 Å². The predicted octanol–water partition coefficient (Wildman–Crippen LogP) is 2.57. The van der Waals surface area contributed by atoms with Gasteiger partial charge in [0, 0.05) is 25.5 Å². The van der Waals surface area contributed by atoms with Crippen LogP contribution in [0.25, 0.3) is 0 Å². The molecule has 0 saturated carbocycles. The molecule has 0 amide bonds. The molecule has 3 heteroatoms. The maximum atomic E-state index is 4.24. The lowest BCUT2D eigenvalue weighted by molar-refractivity contribution is 0.889. The third kappa shape index (κ3) is 3.09. The summed E-state index contributed by atoms with van der Waals surface area (Å²) in [6.07, 6.45) is 2.03. The molecule has 2 aromatic rings. The van der Waals surface area contributed by atoms with Crippen molar-refractivity contribution in [3.63, 3.8) is 0 Å². The van der Waals surface area contributed by atoms with Gasteiger partial charge in [0.1, 0.15) is 0 Å². The molecule has 2 rings (SSSR count). The van der Waals surface area contributed by atoms with E-state index in [9.17, 15) is 0 Å². The van der Waals surface area contributed by atoms with E-state index in [0.717, 1.165) is 24.2 Å². The first kappa shape index (κ1) is 11.7. The van der Waals surface area contributed by atoms with Crippen molar-refractivity contribution in [2.45, 2.75) is 19.8 Å². The third-order valence-electron chi connectivity index (χ3n) is 2.88. The number of aromatic nitrogens is 2. The first-order valence-corrected chi connectivity index (χ1v) is 5.92. The van der Waals surface area contributed by atoms with Crippen molar-refractivity contribution < 1.29 is 0 Å². The van der Waals surface area contributed by atoms with E-state index in [-0.39, 0.29) is 0 Å². The van der Waals surface area contributed by atoms with Gasteiger partial charge in [0.2, 0.25) is 0 Å². The maximum Gasteiger partial charge on any atom is 0.0628 e. The highest BCUT2D eigenvalue weighted by Gasteiger charge is 2.00. The molecular weight excluding hydrogens is 210 g/mol. The normalized spacial score (nSPS) is 10.5. The highest BCUT2D eigenvalue weighted by molar-refractivity contribution is 5.46. The molecule has 1 aromatic carbocycles. The number of hydrogen-bond donors (Lipinski definition) is 1. The first-order chi connectivity index (χ1) is 8.15. The Labute approximate surface area is 102 Å². The van der Waals surface area contributed by atoms with Gasteiger partial charge in [0.05, 0.1) is 5.69 Å². The highest BCUT2D eigenvalue weighted by Crippen LogP contribution is 2.13. The Morgan fingerprint density at radius 2 is 1.82 bits per heavy atom. The van der Waals surface area contributed by atoms with E-state index in [1.165, 1.54) is 11.3 Å². The van der Waals surface area contributed by atoms with Crippen molar-refractivity contribution >= 4 is 5.69 Å². The molecule has 0 aliphatic carbocycles. The number of nitrogens with one attached hydrogen (secondary N) is 1. The molecule has 17 heavy (non-hydrogen) atoms. The zero-order valence-electron chi connectivity index (χ0n) is 10.7. The monoisotopic (exact) mass is 229 g/mol. The molecular formula is C14H19N3. The number of hydrogen-bond acceptors (Lipinski definition) is 2.